The zero-order chi connectivity index (χ0) is 19.9. The Morgan fingerprint density at radius 1 is 1.21 bits per heavy atom. The van der Waals surface area contributed by atoms with Gasteiger partial charge in [0.1, 0.15) is 11.9 Å². The Labute approximate surface area is 164 Å². The summed E-state index contributed by atoms with van der Waals surface area (Å²) in [4.78, 5) is 34.8. The smallest absolute Gasteiger partial charge is 0.254 e. The van der Waals surface area contributed by atoms with Crippen molar-refractivity contribution in [1.82, 2.24) is 19.2 Å². The Balaban J connectivity index is 1.65. The molecule has 0 saturated carbocycles. The van der Waals surface area contributed by atoms with Crippen LogP contribution < -0.4 is 5.56 Å². The fourth-order valence-corrected chi connectivity index (χ4v) is 5.09. The molecule has 2 atom stereocenters. The lowest BCUT2D eigenvalue weighted by Gasteiger charge is -2.36. The first-order valence-corrected chi connectivity index (χ1v) is 11.7. The van der Waals surface area contributed by atoms with Crippen LogP contribution in [0.2, 0.25) is 0 Å². The predicted octanol–water partition coefficient (Wildman–Crippen LogP) is 0.320. The van der Waals surface area contributed by atoms with Crippen LogP contribution in [0.5, 0.6) is 0 Å². The van der Waals surface area contributed by atoms with Gasteiger partial charge in [0.2, 0.25) is 10.0 Å². The summed E-state index contributed by atoms with van der Waals surface area (Å²) >= 11 is 0. The Bertz CT molecular complexity index is 922. The van der Waals surface area contributed by atoms with Crippen molar-refractivity contribution in [1.29, 1.82) is 0 Å². The Morgan fingerprint density at radius 3 is 2.75 bits per heavy atom. The molecule has 0 unspecified atom stereocenters. The average Bonchev–Trinajstić information content (AvgIpc) is 3.21. The van der Waals surface area contributed by atoms with E-state index in [4.69, 9.17) is 4.74 Å². The third kappa shape index (κ3) is 3.72. The fourth-order valence-electron chi connectivity index (χ4n) is 4.31. The van der Waals surface area contributed by atoms with Crippen molar-refractivity contribution in [2.24, 2.45) is 0 Å². The van der Waals surface area contributed by atoms with E-state index in [-0.39, 0.29) is 30.6 Å². The zero-order valence-electron chi connectivity index (χ0n) is 16.0. The van der Waals surface area contributed by atoms with Crippen molar-refractivity contribution < 1.29 is 17.9 Å². The first-order chi connectivity index (χ1) is 13.3. The Morgan fingerprint density at radius 2 is 2.04 bits per heavy atom. The van der Waals surface area contributed by atoms with Crippen LogP contribution in [0.15, 0.2) is 4.79 Å². The summed E-state index contributed by atoms with van der Waals surface area (Å²) in [6.07, 6.45) is 5.26. The van der Waals surface area contributed by atoms with Gasteiger partial charge in [0.05, 0.1) is 24.5 Å². The minimum absolute atomic E-state index is 0.0414. The van der Waals surface area contributed by atoms with E-state index in [1.807, 2.05) is 0 Å². The topological polar surface area (TPSA) is 113 Å². The second-order valence-electron chi connectivity index (χ2n) is 7.77. The van der Waals surface area contributed by atoms with Gasteiger partial charge in [-0.2, -0.15) is 4.31 Å². The molecule has 3 aliphatic heterocycles. The standard InChI is InChI=1S/C18H26N4O5S/c1-28(25,26)21-9-7-12-13(11-21)19-16(20-17(12)23)14-5-2-3-8-22(14)18(24)15-6-4-10-27-15/h14-15H,2-11H2,1H3,(H,19,20,23)/t14-,15-/m0/s1. The van der Waals surface area contributed by atoms with Gasteiger partial charge in [-0.3, -0.25) is 9.59 Å². The van der Waals surface area contributed by atoms with Gasteiger partial charge in [-0.15, -0.1) is 0 Å². The maximum absolute atomic E-state index is 12.9. The number of amides is 1. The number of aromatic nitrogens is 2. The highest BCUT2D eigenvalue weighted by molar-refractivity contribution is 7.88. The molecule has 2 fully saturated rings. The Hall–Kier alpha value is -1.78. The lowest BCUT2D eigenvalue weighted by atomic mass is 9.99. The summed E-state index contributed by atoms with van der Waals surface area (Å²) in [5, 5.41) is 0. The van der Waals surface area contributed by atoms with Crippen LogP contribution in [0.1, 0.15) is 55.2 Å². The highest BCUT2D eigenvalue weighted by atomic mass is 32.2. The number of likely N-dealkylation sites (tertiary alicyclic amines) is 1. The molecule has 0 radical (unpaired) electrons. The molecule has 1 aromatic heterocycles. The fraction of sp³-hybridized carbons (Fsp3) is 0.722. The number of H-pyrrole nitrogens is 1. The average molecular weight is 410 g/mol. The molecule has 4 heterocycles. The number of fused-ring (bicyclic) bond motifs is 1. The number of carbonyl (C=O) groups excluding carboxylic acids is 1. The van der Waals surface area contributed by atoms with Gasteiger partial charge >= 0.3 is 0 Å². The molecule has 4 rings (SSSR count). The number of nitrogens with zero attached hydrogens (tertiary/aromatic N) is 3. The molecule has 2 saturated heterocycles. The molecule has 0 spiro atoms. The third-order valence-electron chi connectivity index (χ3n) is 5.83. The number of hydrogen-bond donors (Lipinski definition) is 1. The molecular formula is C18H26N4O5S. The third-order valence-corrected chi connectivity index (χ3v) is 7.08. The van der Waals surface area contributed by atoms with E-state index in [9.17, 15) is 18.0 Å². The molecule has 0 aliphatic carbocycles. The number of nitrogens with one attached hydrogen (secondary N) is 1. The number of hydrogen-bond acceptors (Lipinski definition) is 6. The van der Waals surface area contributed by atoms with Crippen LogP contribution in [-0.4, -0.2) is 65.6 Å². The molecule has 1 N–H and O–H groups in total. The lowest BCUT2D eigenvalue weighted by molar-refractivity contribution is -0.145. The van der Waals surface area contributed by atoms with Gasteiger partial charge < -0.3 is 14.6 Å². The molecule has 9 nitrogen and oxygen atoms in total. The summed E-state index contributed by atoms with van der Waals surface area (Å²) in [5.41, 5.74) is 0.796. The van der Waals surface area contributed by atoms with E-state index in [1.54, 1.807) is 4.90 Å². The summed E-state index contributed by atoms with van der Waals surface area (Å²) in [6, 6.07) is -0.308. The van der Waals surface area contributed by atoms with Crippen LogP contribution in [0, 0.1) is 0 Å². The second kappa shape index (κ2) is 7.57. The molecule has 3 aliphatic rings. The molecule has 10 heteroatoms. The van der Waals surface area contributed by atoms with Crippen molar-refractivity contribution in [2.75, 3.05) is 26.0 Å². The summed E-state index contributed by atoms with van der Waals surface area (Å²) in [6.45, 7) is 1.59. The SMILES string of the molecule is CS(=O)(=O)N1CCc2c(nc([C@@H]3CCCCN3C(=O)[C@@H]3CCCO3)[nH]c2=O)C1. The molecule has 28 heavy (non-hydrogen) atoms. The zero-order valence-corrected chi connectivity index (χ0v) is 16.8. The molecule has 154 valence electrons. The van der Waals surface area contributed by atoms with Gasteiger partial charge in [0.15, 0.2) is 0 Å². The number of ether oxygens (including phenoxy) is 1. The summed E-state index contributed by atoms with van der Waals surface area (Å²) in [5.74, 6) is 0.408. The Kier molecular flexibility index (Phi) is 5.28. The van der Waals surface area contributed by atoms with Gasteiger partial charge in [-0.25, -0.2) is 13.4 Å². The number of sulfonamides is 1. The quantitative estimate of drug-likeness (QED) is 0.768. The highest BCUT2D eigenvalue weighted by Crippen LogP contribution is 2.31. The van der Waals surface area contributed by atoms with Gasteiger partial charge in [-0.05, 0) is 38.5 Å². The summed E-state index contributed by atoms with van der Waals surface area (Å²) in [7, 11) is -3.35. The molecule has 1 aromatic rings. The van der Waals surface area contributed by atoms with Crippen LogP contribution in [0.25, 0.3) is 0 Å². The van der Waals surface area contributed by atoms with Gasteiger partial charge in [0, 0.05) is 25.3 Å². The number of carbonyl (C=O) groups is 1. The van der Waals surface area contributed by atoms with Crippen LogP contribution in [0.4, 0.5) is 0 Å². The first kappa shape index (κ1) is 19.5. The number of aromatic amines is 1. The summed E-state index contributed by atoms with van der Waals surface area (Å²) < 4.78 is 30.7. The van der Waals surface area contributed by atoms with E-state index in [2.05, 4.69) is 9.97 Å². The minimum atomic E-state index is -3.35. The van der Waals surface area contributed by atoms with E-state index < -0.39 is 16.1 Å². The van der Waals surface area contributed by atoms with Crippen molar-refractivity contribution >= 4 is 15.9 Å². The number of piperidine rings is 1. The predicted molar refractivity (Wildman–Crippen MR) is 101 cm³/mol. The molecule has 1 amide bonds. The van der Waals surface area contributed by atoms with Crippen LogP contribution in [0.3, 0.4) is 0 Å². The van der Waals surface area contributed by atoms with E-state index in [1.165, 1.54) is 4.31 Å². The number of rotatable bonds is 3. The van der Waals surface area contributed by atoms with Crippen molar-refractivity contribution in [3.05, 3.63) is 27.4 Å². The maximum atomic E-state index is 12.9. The molecular weight excluding hydrogens is 384 g/mol. The van der Waals surface area contributed by atoms with Gasteiger partial charge in [0.25, 0.3) is 11.5 Å². The van der Waals surface area contributed by atoms with E-state index >= 15 is 0 Å². The monoisotopic (exact) mass is 410 g/mol. The lowest BCUT2D eigenvalue weighted by Crippen LogP contribution is -2.45. The van der Waals surface area contributed by atoms with Crippen molar-refractivity contribution in [3.63, 3.8) is 0 Å². The van der Waals surface area contributed by atoms with E-state index in [0.29, 0.717) is 36.7 Å². The van der Waals surface area contributed by atoms with Crippen LogP contribution in [-0.2, 0) is 32.5 Å². The normalized spacial score (nSPS) is 26.2. The highest BCUT2D eigenvalue weighted by Gasteiger charge is 2.36. The van der Waals surface area contributed by atoms with E-state index in [0.717, 1.165) is 38.4 Å². The van der Waals surface area contributed by atoms with Crippen molar-refractivity contribution in [2.45, 2.75) is 57.2 Å². The van der Waals surface area contributed by atoms with Gasteiger partial charge in [-0.1, -0.05) is 0 Å². The minimum Gasteiger partial charge on any atom is -0.368 e. The second-order valence-corrected chi connectivity index (χ2v) is 9.75. The first-order valence-electron chi connectivity index (χ1n) is 9.84. The molecule has 0 bridgehead atoms. The molecule has 0 aromatic carbocycles. The maximum Gasteiger partial charge on any atom is 0.254 e. The largest absolute Gasteiger partial charge is 0.368 e. The van der Waals surface area contributed by atoms with Crippen molar-refractivity contribution in [3.8, 4) is 0 Å². The van der Waals surface area contributed by atoms with Crippen LogP contribution >= 0.6 is 0 Å².